The molecule has 5 heteroatoms. The Hall–Kier alpha value is -1.52. The van der Waals surface area contributed by atoms with Crippen LogP contribution < -0.4 is 4.90 Å². The van der Waals surface area contributed by atoms with E-state index in [1.807, 2.05) is 17.0 Å². The number of carbonyl (C=O) groups excluding carboxylic acids is 1. The van der Waals surface area contributed by atoms with Gasteiger partial charge < -0.3 is 9.80 Å². The van der Waals surface area contributed by atoms with Crippen molar-refractivity contribution in [1.82, 2.24) is 4.90 Å². The van der Waals surface area contributed by atoms with Crippen LogP contribution in [0.1, 0.15) is 15.9 Å². The highest BCUT2D eigenvalue weighted by Crippen LogP contribution is 2.25. The van der Waals surface area contributed by atoms with Crippen molar-refractivity contribution >= 4 is 39.1 Å². The molecule has 0 aliphatic carbocycles. The molecule has 0 aromatic heterocycles. The molecule has 0 N–H and O–H groups in total. The predicted octanol–water partition coefficient (Wildman–Crippen LogP) is 4.37. The van der Waals surface area contributed by atoms with Crippen molar-refractivity contribution in [3.05, 3.63) is 63.1 Å². The molecule has 0 saturated carbocycles. The van der Waals surface area contributed by atoms with Gasteiger partial charge in [-0.1, -0.05) is 33.6 Å². The van der Waals surface area contributed by atoms with Crippen LogP contribution in [0.25, 0.3) is 0 Å². The SMILES string of the molecule is Cc1cc(Br)ccc1N1CCN(C(=O)c2cccc(Cl)c2)CC1. The fraction of sp³-hybridized carbons (Fsp3) is 0.278. The second kappa shape index (κ2) is 6.93. The number of piperazine rings is 1. The van der Waals surface area contributed by atoms with Gasteiger partial charge in [-0.2, -0.15) is 0 Å². The monoisotopic (exact) mass is 392 g/mol. The number of halogens is 2. The highest BCUT2D eigenvalue weighted by atomic mass is 79.9. The van der Waals surface area contributed by atoms with E-state index >= 15 is 0 Å². The van der Waals surface area contributed by atoms with Crippen molar-refractivity contribution in [3.8, 4) is 0 Å². The first kappa shape index (κ1) is 16.3. The van der Waals surface area contributed by atoms with Crippen molar-refractivity contribution in [2.45, 2.75) is 6.92 Å². The first-order valence-electron chi connectivity index (χ1n) is 7.60. The lowest BCUT2D eigenvalue weighted by Crippen LogP contribution is -2.49. The third-order valence-electron chi connectivity index (χ3n) is 4.14. The maximum absolute atomic E-state index is 12.5. The average molecular weight is 394 g/mol. The summed E-state index contributed by atoms with van der Waals surface area (Å²) in [5, 5.41) is 0.597. The highest BCUT2D eigenvalue weighted by Gasteiger charge is 2.23. The fourth-order valence-electron chi connectivity index (χ4n) is 2.93. The summed E-state index contributed by atoms with van der Waals surface area (Å²) in [5.41, 5.74) is 3.14. The first-order valence-corrected chi connectivity index (χ1v) is 8.77. The molecule has 0 spiro atoms. The van der Waals surface area contributed by atoms with Crippen molar-refractivity contribution in [1.29, 1.82) is 0 Å². The van der Waals surface area contributed by atoms with E-state index in [0.717, 1.165) is 30.7 Å². The van der Waals surface area contributed by atoms with E-state index in [0.29, 0.717) is 10.6 Å². The summed E-state index contributed by atoms with van der Waals surface area (Å²) < 4.78 is 1.09. The zero-order valence-electron chi connectivity index (χ0n) is 12.9. The van der Waals surface area contributed by atoms with Crippen LogP contribution in [0.3, 0.4) is 0 Å². The van der Waals surface area contributed by atoms with Gasteiger partial charge in [0.1, 0.15) is 0 Å². The molecule has 2 aromatic rings. The molecule has 1 amide bonds. The molecule has 23 heavy (non-hydrogen) atoms. The number of hydrogen-bond acceptors (Lipinski definition) is 2. The largest absolute Gasteiger partial charge is 0.368 e. The number of carbonyl (C=O) groups is 1. The second-order valence-corrected chi connectivity index (χ2v) is 7.07. The molecule has 0 radical (unpaired) electrons. The van der Waals surface area contributed by atoms with Gasteiger partial charge in [0.25, 0.3) is 5.91 Å². The van der Waals surface area contributed by atoms with Crippen LogP contribution in [0.4, 0.5) is 5.69 Å². The third-order valence-corrected chi connectivity index (χ3v) is 4.87. The summed E-state index contributed by atoms with van der Waals surface area (Å²) >= 11 is 9.48. The number of benzene rings is 2. The summed E-state index contributed by atoms with van der Waals surface area (Å²) in [6.45, 7) is 5.24. The van der Waals surface area contributed by atoms with Gasteiger partial charge in [-0.15, -0.1) is 0 Å². The molecule has 0 atom stereocenters. The maximum atomic E-state index is 12.5. The second-order valence-electron chi connectivity index (χ2n) is 5.72. The number of aryl methyl sites for hydroxylation is 1. The Bertz CT molecular complexity index is 727. The maximum Gasteiger partial charge on any atom is 0.254 e. The minimum atomic E-state index is 0.0553. The Balaban J connectivity index is 1.67. The van der Waals surface area contributed by atoms with Gasteiger partial charge in [-0.25, -0.2) is 0 Å². The average Bonchev–Trinajstić information content (AvgIpc) is 2.54. The van der Waals surface area contributed by atoms with E-state index in [4.69, 9.17) is 11.6 Å². The Morgan fingerprint density at radius 2 is 1.83 bits per heavy atom. The van der Waals surface area contributed by atoms with Crippen molar-refractivity contribution in [2.24, 2.45) is 0 Å². The van der Waals surface area contributed by atoms with Crippen LogP contribution in [0.15, 0.2) is 46.9 Å². The summed E-state index contributed by atoms with van der Waals surface area (Å²) in [5.74, 6) is 0.0553. The van der Waals surface area contributed by atoms with Crippen molar-refractivity contribution < 1.29 is 4.79 Å². The van der Waals surface area contributed by atoms with Gasteiger partial charge in [-0.05, 0) is 48.9 Å². The summed E-state index contributed by atoms with van der Waals surface area (Å²) in [7, 11) is 0. The van der Waals surface area contributed by atoms with Crippen molar-refractivity contribution in [2.75, 3.05) is 31.1 Å². The van der Waals surface area contributed by atoms with Gasteiger partial charge in [0, 0.05) is 46.9 Å². The van der Waals surface area contributed by atoms with Crippen LogP contribution in [-0.2, 0) is 0 Å². The van der Waals surface area contributed by atoms with Gasteiger partial charge >= 0.3 is 0 Å². The molecule has 1 aliphatic rings. The van der Waals surface area contributed by atoms with E-state index < -0.39 is 0 Å². The third kappa shape index (κ3) is 3.70. The van der Waals surface area contributed by atoms with Crippen LogP contribution in [0.2, 0.25) is 5.02 Å². The summed E-state index contributed by atoms with van der Waals surface area (Å²) in [6.07, 6.45) is 0. The molecule has 3 nitrogen and oxygen atoms in total. The van der Waals surface area contributed by atoms with Crippen LogP contribution >= 0.6 is 27.5 Å². The molecule has 3 rings (SSSR count). The van der Waals surface area contributed by atoms with Crippen LogP contribution in [0.5, 0.6) is 0 Å². The molecular weight excluding hydrogens is 376 g/mol. The minimum absolute atomic E-state index is 0.0553. The van der Waals surface area contributed by atoms with E-state index in [1.165, 1.54) is 11.3 Å². The smallest absolute Gasteiger partial charge is 0.254 e. The topological polar surface area (TPSA) is 23.6 Å². The predicted molar refractivity (Wildman–Crippen MR) is 98.4 cm³/mol. The van der Waals surface area contributed by atoms with E-state index in [-0.39, 0.29) is 5.91 Å². The zero-order chi connectivity index (χ0) is 16.4. The van der Waals surface area contributed by atoms with Crippen LogP contribution in [-0.4, -0.2) is 37.0 Å². The van der Waals surface area contributed by atoms with E-state index in [1.54, 1.807) is 12.1 Å². The van der Waals surface area contributed by atoms with Crippen LogP contribution in [0, 0.1) is 6.92 Å². The Kier molecular flexibility index (Phi) is 4.93. The number of hydrogen-bond donors (Lipinski definition) is 0. The van der Waals surface area contributed by atoms with Gasteiger partial charge in [-0.3, -0.25) is 4.79 Å². The lowest BCUT2D eigenvalue weighted by Gasteiger charge is -2.37. The molecule has 1 fully saturated rings. The minimum Gasteiger partial charge on any atom is -0.368 e. The van der Waals surface area contributed by atoms with E-state index in [9.17, 15) is 4.79 Å². The Labute approximate surface area is 150 Å². The fourth-order valence-corrected chi connectivity index (χ4v) is 3.59. The normalized spacial score (nSPS) is 14.9. The molecule has 0 unspecified atom stereocenters. The Morgan fingerprint density at radius 3 is 2.48 bits per heavy atom. The van der Waals surface area contributed by atoms with Gasteiger partial charge in [0.15, 0.2) is 0 Å². The van der Waals surface area contributed by atoms with Crippen molar-refractivity contribution in [3.63, 3.8) is 0 Å². The number of anilines is 1. The van der Waals surface area contributed by atoms with Gasteiger partial charge in [0.05, 0.1) is 0 Å². The number of rotatable bonds is 2. The first-order chi connectivity index (χ1) is 11.0. The highest BCUT2D eigenvalue weighted by molar-refractivity contribution is 9.10. The molecule has 2 aromatic carbocycles. The lowest BCUT2D eigenvalue weighted by molar-refractivity contribution is 0.0747. The number of nitrogens with zero attached hydrogens (tertiary/aromatic N) is 2. The molecular formula is C18H18BrClN2O. The summed E-state index contributed by atoms with van der Waals surface area (Å²) in [4.78, 5) is 16.8. The molecule has 120 valence electrons. The standard InChI is InChI=1S/C18H18BrClN2O/c1-13-11-15(19)5-6-17(13)21-7-9-22(10-8-21)18(23)14-3-2-4-16(20)12-14/h2-6,11-12H,7-10H2,1H3. The van der Waals surface area contributed by atoms with E-state index in [2.05, 4.69) is 46.0 Å². The lowest BCUT2D eigenvalue weighted by atomic mass is 10.1. The molecule has 1 heterocycles. The molecule has 1 saturated heterocycles. The quantitative estimate of drug-likeness (QED) is 0.756. The zero-order valence-corrected chi connectivity index (χ0v) is 15.3. The Morgan fingerprint density at radius 1 is 1.09 bits per heavy atom. The molecule has 1 aliphatic heterocycles. The summed E-state index contributed by atoms with van der Waals surface area (Å²) in [6, 6.07) is 13.5. The molecule has 0 bridgehead atoms. The van der Waals surface area contributed by atoms with Gasteiger partial charge in [0.2, 0.25) is 0 Å². The number of amides is 1.